The van der Waals surface area contributed by atoms with Crippen LogP contribution in [0, 0.1) is 0 Å². The van der Waals surface area contributed by atoms with Crippen molar-refractivity contribution in [3.05, 3.63) is 66.4 Å². The highest BCUT2D eigenvalue weighted by atomic mass is 15.0. The molecule has 0 radical (unpaired) electrons. The zero-order valence-electron chi connectivity index (χ0n) is 10.5. The van der Waals surface area contributed by atoms with Crippen molar-refractivity contribution in [2.45, 2.75) is 6.54 Å². The molecule has 2 aromatic carbocycles. The number of aromatic nitrogens is 1. The average molecular weight is 249 g/mol. The summed E-state index contributed by atoms with van der Waals surface area (Å²) in [6.45, 7) is 0.562. The van der Waals surface area contributed by atoms with Crippen LogP contribution in [-0.2, 0) is 6.54 Å². The second-order valence-electron chi connectivity index (χ2n) is 4.41. The maximum atomic E-state index is 5.59. The van der Waals surface area contributed by atoms with Crippen LogP contribution in [0.15, 0.2) is 60.8 Å². The monoisotopic (exact) mass is 249 g/mol. The number of fused-ring (bicyclic) bond motifs is 1. The maximum absolute atomic E-state index is 5.59. The fraction of sp³-hybridized carbons (Fsp3) is 0.0625. The van der Waals surface area contributed by atoms with Crippen molar-refractivity contribution in [1.82, 2.24) is 4.98 Å². The number of pyridine rings is 1. The Bertz CT molecular complexity index is 684. The van der Waals surface area contributed by atoms with Gasteiger partial charge in [0.05, 0.1) is 0 Å². The second kappa shape index (κ2) is 5.08. The topological polar surface area (TPSA) is 50.9 Å². The normalized spacial score (nSPS) is 10.6. The number of rotatable bonds is 3. The lowest BCUT2D eigenvalue weighted by atomic mass is 10.1. The Kier molecular flexibility index (Phi) is 3.12. The largest absolute Gasteiger partial charge is 0.340 e. The van der Waals surface area contributed by atoms with E-state index in [9.17, 15) is 0 Å². The first kappa shape index (κ1) is 11.7. The van der Waals surface area contributed by atoms with Crippen molar-refractivity contribution >= 4 is 22.3 Å². The predicted octanol–water partition coefficient (Wildman–Crippen LogP) is 3.44. The number of benzene rings is 2. The lowest BCUT2D eigenvalue weighted by Gasteiger charge is -2.09. The van der Waals surface area contributed by atoms with Crippen LogP contribution in [0.4, 0.5) is 11.5 Å². The highest BCUT2D eigenvalue weighted by Gasteiger charge is 2.02. The van der Waals surface area contributed by atoms with Gasteiger partial charge in [0.15, 0.2) is 0 Å². The Morgan fingerprint density at radius 3 is 2.53 bits per heavy atom. The highest BCUT2D eigenvalue weighted by Crippen LogP contribution is 2.23. The van der Waals surface area contributed by atoms with Gasteiger partial charge in [-0.25, -0.2) is 4.98 Å². The summed E-state index contributed by atoms with van der Waals surface area (Å²) in [4.78, 5) is 4.41. The van der Waals surface area contributed by atoms with Crippen LogP contribution in [0.1, 0.15) is 5.56 Å². The van der Waals surface area contributed by atoms with Gasteiger partial charge in [0.1, 0.15) is 5.82 Å². The molecule has 3 heteroatoms. The standard InChI is InChI=1S/C16H15N3/c17-11-12-5-7-14(8-6-12)19-16-15-4-2-1-3-13(15)9-10-18-16/h1-10H,11,17H2,(H,18,19). The summed E-state index contributed by atoms with van der Waals surface area (Å²) in [6.07, 6.45) is 1.82. The van der Waals surface area contributed by atoms with Crippen molar-refractivity contribution in [3.63, 3.8) is 0 Å². The summed E-state index contributed by atoms with van der Waals surface area (Å²) in [5.41, 5.74) is 7.73. The van der Waals surface area contributed by atoms with Gasteiger partial charge < -0.3 is 11.1 Å². The summed E-state index contributed by atoms with van der Waals surface area (Å²) < 4.78 is 0. The zero-order chi connectivity index (χ0) is 13.1. The van der Waals surface area contributed by atoms with Crippen molar-refractivity contribution in [3.8, 4) is 0 Å². The Labute approximate surface area is 112 Å². The molecular weight excluding hydrogens is 234 g/mol. The van der Waals surface area contributed by atoms with E-state index >= 15 is 0 Å². The molecule has 3 nitrogen and oxygen atoms in total. The first-order valence-corrected chi connectivity index (χ1v) is 6.26. The average Bonchev–Trinajstić information content (AvgIpc) is 2.48. The van der Waals surface area contributed by atoms with E-state index in [1.807, 2.05) is 48.7 Å². The molecule has 0 unspecified atom stereocenters. The van der Waals surface area contributed by atoms with Gasteiger partial charge in [-0.15, -0.1) is 0 Å². The number of nitrogens with zero attached hydrogens (tertiary/aromatic N) is 1. The van der Waals surface area contributed by atoms with Gasteiger partial charge in [0.2, 0.25) is 0 Å². The third-order valence-electron chi connectivity index (χ3n) is 3.13. The number of hydrogen-bond acceptors (Lipinski definition) is 3. The van der Waals surface area contributed by atoms with Gasteiger partial charge in [0, 0.05) is 23.8 Å². The Balaban J connectivity index is 1.96. The van der Waals surface area contributed by atoms with Crippen LogP contribution in [0.2, 0.25) is 0 Å². The Morgan fingerprint density at radius 1 is 0.947 bits per heavy atom. The van der Waals surface area contributed by atoms with Gasteiger partial charge in [0.25, 0.3) is 0 Å². The fourth-order valence-electron chi connectivity index (χ4n) is 2.08. The molecule has 19 heavy (non-hydrogen) atoms. The molecule has 1 aromatic heterocycles. The molecule has 0 saturated carbocycles. The molecule has 3 aromatic rings. The van der Waals surface area contributed by atoms with Crippen LogP contribution in [-0.4, -0.2) is 4.98 Å². The summed E-state index contributed by atoms with van der Waals surface area (Å²) in [5.74, 6) is 0.874. The first-order chi connectivity index (χ1) is 9.36. The quantitative estimate of drug-likeness (QED) is 0.747. The van der Waals surface area contributed by atoms with Gasteiger partial charge in [-0.05, 0) is 29.1 Å². The molecule has 0 spiro atoms. The van der Waals surface area contributed by atoms with E-state index in [0.717, 1.165) is 22.5 Å². The molecule has 1 heterocycles. The molecule has 0 aliphatic rings. The Morgan fingerprint density at radius 2 is 1.74 bits per heavy atom. The van der Waals surface area contributed by atoms with E-state index in [4.69, 9.17) is 5.73 Å². The summed E-state index contributed by atoms with van der Waals surface area (Å²) >= 11 is 0. The number of hydrogen-bond donors (Lipinski definition) is 2. The molecule has 3 N–H and O–H groups in total. The number of anilines is 2. The first-order valence-electron chi connectivity index (χ1n) is 6.26. The molecule has 3 rings (SSSR count). The van der Waals surface area contributed by atoms with E-state index in [1.165, 1.54) is 5.39 Å². The van der Waals surface area contributed by atoms with Crippen molar-refractivity contribution in [2.75, 3.05) is 5.32 Å². The molecule has 0 aliphatic heterocycles. The molecular formula is C16H15N3. The summed E-state index contributed by atoms with van der Waals surface area (Å²) in [6, 6.07) is 18.3. The van der Waals surface area contributed by atoms with E-state index in [1.54, 1.807) is 0 Å². The zero-order valence-corrected chi connectivity index (χ0v) is 10.5. The molecule has 0 aliphatic carbocycles. The van der Waals surface area contributed by atoms with Crippen molar-refractivity contribution in [1.29, 1.82) is 0 Å². The lowest BCUT2D eigenvalue weighted by Crippen LogP contribution is -1.97. The van der Waals surface area contributed by atoms with Gasteiger partial charge in [-0.3, -0.25) is 0 Å². The molecule has 0 amide bonds. The maximum Gasteiger partial charge on any atom is 0.138 e. The van der Waals surface area contributed by atoms with Crippen LogP contribution >= 0.6 is 0 Å². The van der Waals surface area contributed by atoms with Crippen molar-refractivity contribution in [2.24, 2.45) is 5.73 Å². The van der Waals surface area contributed by atoms with Crippen LogP contribution in [0.25, 0.3) is 10.8 Å². The minimum absolute atomic E-state index is 0.562. The SMILES string of the molecule is NCc1ccc(Nc2nccc3ccccc23)cc1. The molecule has 0 bridgehead atoms. The summed E-state index contributed by atoms with van der Waals surface area (Å²) in [7, 11) is 0. The third kappa shape index (κ3) is 2.41. The molecule has 0 atom stereocenters. The van der Waals surface area contributed by atoms with Crippen LogP contribution in [0.5, 0.6) is 0 Å². The minimum atomic E-state index is 0.562. The highest BCUT2D eigenvalue weighted by molar-refractivity contribution is 5.93. The fourth-order valence-corrected chi connectivity index (χ4v) is 2.08. The molecule has 94 valence electrons. The van der Waals surface area contributed by atoms with E-state index in [0.29, 0.717) is 6.54 Å². The van der Waals surface area contributed by atoms with Gasteiger partial charge in [-0.1, -0.05) is 36.4 Å². The van der Waals surface area contributed by atoms with Crippen LogP contribution in [0.3, 0.4) is 0 Å². The molecule has 0 fully saturated rings. The number of nitrogens with two attached hydrogens (primary N) is 1. The van der Waals surface area contributed by atoms with E-state index < -0.39 is 0 Å². The second-order valence-corrected chi connectivity index (χ2v) is 4.41. The Hall–Kier alpha value is -2.39. The van der Waals surface area contributed by atoms with Gasteiger partial charge in [-0.2, -0.15) is 0 Å². The van der Waals surface area contributed by atoms with Crippen LogP contribution < -0.4 is 11.1 Å². The number of nitrogens with one attached hydrogen (secondary N) is 1. The molecule has 0 saturated heterocycles. The van der Waals surface area contributed by atoms with Gasteiger partial charge >= 0.3 is 0 Å². The minimum Gasteiger partial charge on any atom is -0.340 e. The third-order valence-corrected chi connectivity index (χ3v) is 3.13. The lowest BCUT2D eigenvalue weighted by molar-refractivity contribution is 1.07. The predicted molar refractivity (Wildman–Crippen MR) is 79.4 cm³/mol. The van der Waals surface area contributed by atoms with E-state index in [2.05, 4.69) is 22.4 Å². The van der Waals surface area contributed by atoms with E-state index in [-0.39, 0.29) is 0 Å². The smallest absolute Gasteiger partial charge is 0.138 e. The van der Waals surface area contributed by atoms with Crippen molar-refractivity contribution < 1.29 is 0 Å². The summed E-state index contributed by atoms with van der Waals surface area (Å²) in [5, 5.41) is 5.64.